The minimum atomic E-state index is -3.85. The van der Waals surface area contributed by atoms with Gasteiger partial charge in [-0.2, -0.15) is 0 Å². The van der Waals surface area contributed by atoms with Gasteiger partial charge in [-0.1, -0.05) is 87.7 Å². The summed E-state index contributed by atoms with van der Waals surface area (Å²) in [6.45, 7) is 3.62. The molecule has 0 aliphatic heterocycles. The lowest BCUT2D eigenvalue weighted by molar-refractivity contribution is -0.140. The van der Waals surface area contributed by atoms with Crippen molar-refractivity contribution in [3.8, 4) is 0 Å². The number of benzene rings is 3. The molecule has 2 amide bonds. The van der Waals surface area contributed by atoms with Gasteiger partial charge in [0.2, 0.25) is 21.8 Å². The average molecular weight is 608 g/mol. The van der Waals surface area contributed by atoms with Crippen LogP contribution in [0.25, 0.3) is 0 Å². The maximum atomic E-state index is 14.2. The highest BCUT2D eigenvalue weighted by molar-refractivity contribution is 7.92. The fourth-order valence-electron chi connectivity index (χ4n) is 5.52. The van der Waals surface area contributed by atoms with E-state index in [1.807, 2.05) is 56.3 Å². The van der Waals surface area contributed by atoms with Crippen LogP contribution in [0.3, 0.4) is 0 Å². The fourth-order valence-corrected chi connectivity index (χ4v) is 6.37. The molecule has 0 heterocycles. The summed E-state index contributed by atoms with van der Waals surface area (Å²) in [7, 11) is -3.85. The quantitative estimate of drug-likeness (QED) is 0.282. The number of nitrogens with zero attached hydrogens (tertiary/aromatic N) is 2. The van der Waals surface area contributed by atoms with Crippen molar-refractivity contribution < 1.29 is 22.4 Å². The number of carbonyl (C=O) groups excluding carboxylic acids is 2. The molecule has 9 heteroatoms. The number of hydrogen-bond acceptors (Lipinski definition) is 4. The van der Waals surface area contributed by atoms with Crippen LogP contribution in [0.2, 0.25) is 0 Å². The highest BCUT2D eigenvalue weighted by Gasteiger charge is 2.34. The second-order valence-electron chi connectivity index (χ2n) is 11.7. The van der Waals surface area contributed by atoms with Crippen LogP contribution in [0.4, 0.5) is 10.1 Å². The monoisotopic (exact) mass is 607 g/mol. The molecule has 3 aromatic rings. The Kier molecular flexibility index (Phi) is 11.0. The average Bonchev–Trinajstić information content (AvgIpc) is 2.99. The van der Waals surface area contributed by atoms with E-state index in [-0.39, 0.29) is 30.8 Å². The first kappa shape index (κ1) is 32.2. The summed E-state index contributed by atoms with van der Waals surface area (Å²) in [6.07, 6.45) is 6.27. The van der Waals surface area contributed by atoms with Crippen LogP contribution in [0.1, 0.15) is 68.6 Å². The van der Waals surface area contributed by atoms with E-state index in [4.69, 9.17) is 0 Å². The SMILES string of the molecule is CC(C)c1ccc(N(CC(=O)N(Cc2ccc(F)cc2)[C@H](Cc2ccccc2)C(=O)NC2CCCCC2)S(C)(=O)=O)cc1. The molecular weight excluding hydrogens is 565 g/mol. The normalized spacial score (nSPS) is 14.7. The summed E-state index contributed by atoms with van der Waals surface area (Å²) in [5.41, 5.74) is 2.91. The molecule has 0 radical (unpaired) electrons. The third-order valence-corrected chi connectivity index (χ3v) is 9.16. The van der Waals surface area contributed by atoms with Crippen molar-refractivity contribution in [2.24, 2.45) is 0 Å². The Hall–Kier alpha value is -3.72. The van der Waals surface area contributed by atoms with E-state index in [2.05, 4.69) is 5.32 Å². The zero-order valence-corrected chi connectivity index (χ0v) is 26.0. The maximum Gasteiger partial charge on any atom is 0.244 e. The summed E-state index contributed by atoms with van der Waals surface area (Å²) in [5, 5.41) is 3.18. The summed E-state index contributed by atoms with van der Waals surface area (Å²) in [5.74, 6) is -0.957. The number of amides is 2. The number of anilines is 1. The number of sulfonamides is 1. The smallest absolute Gasteiger partial charge is 0.244 e. The topological polar surface area (TPSA) is 86.8 Å². The zero-order chi connectivity index (χ0) is 31.0. The number of nitrogens with one attached hydrogen (secondary N) is 1. The van der Waals surface area contributed by atoms with E-state index in [1.165, 1.54) is 17.0 Å². The van der Waals surface area contributed by atoms with Gasteiger partial charge in [-0.05, 0) is 59.7 Å². The van der Waals surface area contributed by atoms with Crippen LogP contribution in [-0.4, -0.2) is 50.0 Å². The van der Waals surface area contributed by atoms with Crippen molar-refractivity contribution in [3.63, 3.8) is 0 Å². The molecule has 1 aliphatic carbocycles. The lowest BCUT2D eigenvalue weighted by atomic mass is 9.94. The van der Waals surface area contributed by atoms with Crippen LogP contribution < -0.4 is 9.62 Å². The fraction of sp³-hybridized carbons (Fsp3) is 0.412. The minimum Gasteiger partial charge on any atom is -0.352 e. The van der Waals surface area contributed by atoms with E-state index in [0.717, 1.165) is 53.8 Å². The minimum absolute atomic E-state index is 0.0125. The van der Waals surface area contributed by atoms with Gasteiger partial charge < -0.3 is 10.2 Å². The molecule has 0 saturated heterocycles. The molecule has 1 N–H and O–H groups in total. The molecule has 43 heavy (non-hydrogen) atoms. The Labute approximate surface area is 255 Å². The molecular formula is C34H42FN3O4S. The Morgan fingerprint density at radius 2 is 1.51 bits per heavy atom. The number of rotatable bonds is 12. The van der Waals surface area contributed by atoms with E-state index >= 15 is 0 Å². The van der Waals surface area contributed by atoms with Crippen molar-refractivity contribution in [3.05, 3.63) is 101 Å². The van der Waals surface area contributed by atoms with Crippen LogP contribution >= 0.6 is 0 Å². The number of hydrogen-bond donors (Lipinski definition) is 1. The van der Waals surface area contributed by atoms with Gasteiger partial charge in [-0.25, -0.2) is 12.8 Å². The van der Waals surface area contributed by atoms with Gasteiger partial charge in [-0.15, -0.1) is 0 Å². The van der Waals surface area contributed by atoms with Crippen molar-refractivity contribution in [2.75, 3.05) is 17.1 Å². The van der Waals surface area contributed by atoms with Crippen LogP contribution in [-0.2, 0) is 32.6 Å². The zero-order valence-electron chi connectivity index (χ0n) is 25.2. The molecule has 1 atom stereocenters. The first-order valence-corrected chi connectivity index (χ1v) is 16.8. The Balaban J connectivity index is 1.71. The molecule has 4 rings (SSSR count). The van der Waals surface area contributed by atoms with Crippen LogP contribution in [0, 0.1) is 5.82 Å². The molecule has 0 spiro atoms. The van der Waals surface area contributed by atoms with Crippen molar-refractivity contribution in [1.82, 2.24) is 10.2 Å². The lowest BCUT2D eigenvalue weighted by Gasteiger charge is -2.35. The largest absolute Gasteiger partial charge is 0.352 e. The van der Waals surface area contributed by atoms with Crippen molar-refractivity contribution in [1.29, 1.82) is 0 Å². The number of carbonyl (C=O) groups is 2. The Morgan fingerprint density at radius 3 is 2.09 bits per heavy atom. The third-order valence-electron chi connectivity index (χ3n) is 8.02. The molecule has 1 aliphatic rings. The summed E-state index contributed by atoms with van der Waals surface area (Å²) < 4.78 is 40.8. The first-order valence-electron chi connectivity index (χ1n) is 15.0. The Bertz CT molecular complexity index is 1460. The summed E-state index contributed by atoms with van der Waals surface area (Å²) >= 11 is 0. The van der Waals surface area contributed by atoms with Gasteiger partial charge in [0.05, 0.1) is 11.9 Å². The van der Waals surface area contributed by atoms with Gasteiger partial charge in [0, 0.05) is 19.0 Å². The number of halogens is 1. The summed E-state index contributed by atoms with van der Waals surface area (Å²) in [6, 6.07) is 21.4. The lowest BCUT2D eigenvalue weighted by Crippen LogP contribution is -2.55. The molecule has 1 fully saturated rings. The first-order chi connectivity index (χ1) is 20.5. The highest BCUT2D eigenvalue weighted by atomic mass is 32.2. The van der Waals surface area contributed by atoms with E-state index < -0.39 is 34.3 Å². The Morgan fingerprint density at radius 1 is 0.884 bits per heavy atom. The second kappa shape index (κ2) is 14.6. The second-order valence-corrected chi connectivity index (χ2v) is 13.6. The highest BCUT2D eigenvalue weighted by Crippen LogP contribution is 2.24. The van der Waals surface area contributed by atoms with Gasteiger partial charge in [-0.3, -0.25) is 13.9 Å². The van der Waals surface area contributed by atoms with Gasteiger partial charge in [0.15, 0.2) is 0 Å². The standard InChI is InChI=1S/C34H42FN3O4S/c1-25(2)28-16-20-31(21-17-28)38(43(3,41)42)24-33(39)37(23-27-14-18-29(35)19-15-27)32(22-26-10-6-4-7-11-26)34(40)36-30-12-8-5-9-13-30/h4,6-7,10-11,14-21,25,30,32H,5,8-9,12-13,22-24H2,1-3H3,(H,36,40)/t32-/m1/s1. The van der Waals surface area contributed by atoms with Gasteiger partial charge in [0.25, 0.3) is 0 Å². The molecule has 230 valence electrons. The van der Waals surface area contributed by atoms with Crippen LogP contribution in [0.15, 0.2) is 78.9 Å². The molecule has 7 nitrogen and oxygen atoms in total. The molecule has 3 aromatic carbocycles. The van der Waals surface area contributed by atoms with Gasteiger partial charge >= 0.3 is 0 Å². The molecule has 1 saturated carbocycles. The molecule has 0 bridgehead atoms. The summed E-state index contributed by atoms with van der Waals surface area (Å²) in [4.78, 5) is 29.6. The van der Waals surface area contributed by atoms with Crippen molar-refractivity contribution in [2.45, 2.75) is 76.9 Å². The molecule has 0 aromatic heterocycles. The third kappa shape index (κ3) is 9.13. The predicted octanol–water partition coefficient (Wildman–Crippen LogP) is 5.80. The van der Waals surface area contributed by atoms with E-state index in [1.54, 1.807) is 24.3 Å². The van der Waals surface area contributed by atoms with Crippen LogP contribution in [0.5, 0.6) is 0 Å². The van der Waals surface area contributed by atoms with E-state index in [9.17, 15) is 22.4 Å². The maximum absolute atomic E-state index is 14.2. The predicted molar refractivity (Wildman–Crippen MR) is 169 cm³/mol. The van der Waals surface area contributed by atoms with Crippen molar-refractivity contribution >= 4 is 27.5 Å². The van der Waals surface area contributed by atoms with Gasteiger partial charge in [0.1, 0.15) is 18.4 Å². The molecule has 0 unspecified atom stereocenters. The van der Waals surface area contributed by atoms with E-state index in [0.29, 0.717) is 11.3 Å².